The van der Waals surface area contributed by atoms with E-state index in [2.05, 4.69) is 34.5 Å². The Kier molecular flexibility index (Phi) is 8.99. The standard InChI is InChI=1S/C43H36ClN3O5/c1-51-38-23-28(22-37(44)40(38)52-26-27-11-5-2-6-12-27)21-36-41(48)45-43(50)47(42(36)49)31-24-34-32(29-13-7-3-8-14-29)17-19-46-20-18-33(35(25-31)39(34)46)30-15-9-4-10-16-30/h2-16,21-25,32-33H,17-20,26H2,1H3,(H,45,48,50)/b36-21+/t32-,33-/m1/s1. The zero-order chi connectivity index (χ0) is 35.8. The van der Waals surface area contributed by atoms with Gasteiger partial charge in [-0.3, -0.25) is 14.9 Å². The van der Waals surface area contributed by atoms with Crippen molar-refractivity contribution >= 4 is 46.9 Å². The Morgan fingerprint density at radius 1 is 0.788 bits per heavy atom. The molecule has 3 aliphatic rings. The van der Waals surface area contributed by atoms with Crippen LogP contribution < -0.4 is 24.6 Å². The molecule has 1 saturated heterocycles. The molecular weight excluding hydrogens is 674 g/mol. The number of hydrogen-bond acceptors (Lipinski definition) is 6. The molecule has 3 heterocycles. The lowest BCUT2D eigenvalue weighted by molar-refractivity contribution is -0.122. The minimum Gasteiger partial charge on any atom is -0.493 e. The van der Waals surface area contributed by atoms with Gasteiger partial charge in [-0.25, -0.2) is 9.69 Å². The van der Waals surface area contributed by atoms with E-state index in [-0.39, 0.29) is 29.0 Å². The van der Waals surface area contributed by atoms with Gasteiger partial charge in [0.1, 0.15) is 12.2 Å². The Balaban J connectivity index is 1.19. The predicted octanol–water partition coefficient (Wildman–Crippen LogP) is 8.47. The van der Waals surface area contributed by atoms with Crippen LogP contribution in [0.5, 0.6) is 11.5 Å². The van der Waals surface area contributed by atoms with Crippen LogP contribution in [-0.4, -0.2) is 38.0 Å². The summed E-state index contributed by atoms with van der Waals surface area (Å²) in [4.78, 5) is 44.8. The first-order valence-corrected chi connectivity index (χ1v) is 17.8. The molecule has 5 aromatic rings. The Bertz CT molecular complexity index is 2130. The molecule has 0 spiro atoms. The summed E-state index contributed by atoms with van der Waals surface area (Å²) in [6.07, 6.45) is 3.22. The highest BCUT2D eigenvalue weighted by molar-refractivity contribution is 6.39. The van der Waals surface area contributed by atoms with Crippen molar-refractivity contribution < 1.29 is 23.9 Å². The third-order valence-corrected chi connectivity index (χ3v) is 10.4. The number of urea groups is 1. The van der Waals surface area contributed by atoms with Crippen LogP contribution in [-0.2, 0) is 16.2 Å². The number of imide groups is 2. The van der Waals surface area contributed by atoms with Gasteiger partial charge >= 0.3 is 6.03 Å². The largest absolute Gasteiger partial charge is 0.493 e. The van der Waals surface area contributed by atoms with Crippen LogP contribution in [0.3, 0.4) is 0 Å². The Morgan fingerprint density at radius 3 is 1.94 bits per heavy atom. The number of benzene rings is 5. The number of barbiturate groups is 1. The molecule has 0 aromatic heterocycles. The van der Waals surface area contributed by atoms with Gasteiger partial charge in [0.05, 0.1) is 17.8 Å². The number of carbonyl (C=O) groups excluding carboxylic acids is 3. The van der Waals surface area contributed by atoms with Crippen molar-refractivity contribution in [2.45, 2.75) is 31.3 Å². The SMILES string of the molecule is COc1cc(/C=C2\C(=O)NC(=O)N(c3cc4c5c(c3)[C@@H](c3ccccc3)CCN5CC[C@@H]4c3ccccc3)C2=O)cc(Cl)c1OCc1ccccc1. The van der Waals surface area contributed by atoms with Crippen molar-refractivity contribution in [1.82, 2.24) is 5.32 Å². The van der Waals surface area contributed by atoms with Crippen LogP contribution in [0.15, 0.2) is 121 Å². The van der Waals surface area contributed by atoms with Crippen molar-refractivity contribution in [1.29, 1.82) is 0 Å². The third-order valence-electron chi connectivity index (χ3n) is 10.1. The van der Waals surface area contributed by atoms with E-state index in [0.29, 0.717) is 22.7 Å². The summed E-state index contributed by atoms with van der Waals surface area (Å²) in [5.74, 6) is -0.708. The number of nitrogens with one attached hydrogen (secondary N) is 1. The van der Waals surface area contributed by atoms with Gasteiger partial charge in [-0.1, -0.05) is 103 Å². The average molecular weight is 710 g/mol. The topological polar surface area (TPSA) is 88.2 Å². The number of nitrogens with zero attached hydrogens (tertiary/aromatic N) is 2. The maximum atomic E-state index is 14.3. The molecule has 8 rings (SSSR count). The molecule has 2 atom stereocenters. The number of amides is 4. The molecule has 0 unspecified atom stereocenters. The van der Waals surface area contributed by atoms with Crippen molar-refractivity contribution in [2.24, 2.45) is 0 Å². The first-order chi connectivity index (χ1) is 25.4. The van der Waals surface area contributed by atoms with Crippen LogP contribution in [0.4, 0.5) is 16.2 Å². The number of halogens is 1. The molecule has 5 aromatic carbocycles. The molecule has 0 bridgehead atoms. The fraction of sp³-hybridized carbons (Fsp3) is 0.186. The highest BCUT2D eigenvalue weighted by Gasteiger charge is 2.40. The average Bonchev–Trinajstić information content (AvgIpc) is 3.17. The fourth-order valence-electron chi connectivity index (χ4n) is 7.72. The molecule has 4 amide bonds. The molecule has 52 heavy (non-hydrogen) atoms. The van der Waals surface area contributed by atoms with Crippen LogP contribution >= 0.6 is 11.6 Å². The second-order valence-corrected chi connectivity index (χ2v) is 13.6. The highest BCUT2D eigenvalue weighted by Crippen LogP contribution is 2.50. The molecule has 260 valence electrons. The number of ether oxygens (including phenoxy) is 2. The lowest BCUT2D eigenvalue weighted by Gasteiger charge is -2.44. The normalized spacial score (nSPS) is 19.0. The van der Waals surface area contributed by atoms with Crippen LogP contribution in [0.1, 0.15) is 58.1 Å². The molecule has 3 aliphatic heterocycles. The van der Waals surface area contributed by atoms with Crippen LogP contribution in [0.2, 0.25) is 5.02 Å². The van der Waals surface area contributed by atoms with Gasteiger partial charge in [-0.15, -0.1) is 0 Å². The zero-order valence-corrected chi connectivity index (χ0v) is 29.3. The van der Waals surface area contributed by atoms with E-state index >= 15 is 0 Å². The van der Waals surface area contributed by atoms with Crippen LogP contribution in [0, 0.1) is 0 Å². The van der Waals surface area contributed by atoms with Gasteiger partial charge in [-0.2, -0.15) is 0 Å². The summed E-state index contributed by atoms with van der Waals surface area (Å²) in [6.45, 7) is 2.09. The molecule has 0 radical (unpaired) electrons. The van der Waals surface area contributed by atoms with E-state index in [1.807, 2.05) is 78.9 Å². The minimum absolute atomic E-state index is 0.0671. The second-order valence-electron chi connectivity index (χ2n) is 13.2. The fourth-order valence-corrected chi connectivity index (χ4v) is 7.99. The molecule has 1 N–H and O–H groups in total. The van der Waals surface area contributed by atoms with Crippen molar-refractivity contribution in [3.63, 3.8) is 0 Å². The maximum Gasteiger partial charge on any atom is 0.335 e. The van der Waals surface area contributed by atoms with E-state index in [1.165, 1.54) is 24.3 Å². The van der Waals surface area contributed by atoms with E-state index in [9.17, 15) is 14.4 Å². The molecule has 0 saturated carbocycles. The molecule has 0 aliphatic carbocycles. The third kappa shape index (κ3) is 6.20. The molecule has 8 nitrogen and oxygen atoms in total. The van der Waals surface area contributed by atoms with Gasteiger partial charge < -0.3 is 14.4 Å². The van der Waals surface area contributed by atoms with Crippen molar-refractivity contribution in [2.75, 3.05) is 30.0 Å². The lowest BCUT2D eigenvalue weighted by Crippen LogP contribution is -2.54. The number of hydrogen-bond donors (Lipinski definition) is 1. The number of methoxy groups -OCH3 is 1. The Hall–Kier alpha value is -5.86. The highest BCUT2D eigenvalue weighted by atomic mass is 35.5. The number of anilines is 2. The molecule has 9 heteroatoms. The second kappa shape index (κ2) is 14.0. The Labute approximate surface area is 307 Å². The summed E-state index contributed by atoms with van der Waals surface area (Å²) in [5, 5.41) is 2.65. The lowest BCUT2D eigenvalue weighted by atomic mass is 9.76. The predicted molar refractivity (Wildman–Crippen MR) is 202 cm³/mol. The zero-order valence-electron chi connectivity index (χ0n) is 28.6. The Morgan fingerprint density at radius 2 is 1.37 bits per heavy atom. The van der Waals surface area contributed by atoms with Crippen LogP contribution in [0.25, 0.3) is 6.08 Å². The summed E-state index contributed by atoms with van der Waals surface area (Å²) in [7, 11) is 1.49. The van der Waals surface area contributed by atoms with E-state index in [1.54, 1.807) is 12.1 Å². The number of rotatable bonds is 8. The van der Waals surface area contributed by atoms with E-state index in [4.69, 9.17) is 21.1 Å². The van der Waals surface area contributed by atoms with Gasteiger partial charge in [-0.05, 0) is 76.6 Å². The van der Waals surface area contributed by atoms with Crippen molar-refractivity contribution in [3.05, 3.63) is 159 Å². The maximum absolute atomic E-state index is 14.3. The summed E-state index contributed by atoms with van der Waals surface area (Å²) < 4.78 is 11.6. The van der Waals surface area contributed by atoms with E-state index in [0.717, 1.165) is 53.2 Å². The summed E-state index contributed by atoms with van der Waals surface area (Å²) >= 11 is 6.68. The monoisotopic (exact) mass is 709 g/mol. The van der Waals surface area contributed by atoms with Gasteiger partial charge in [0, 0.05) is 30.6 Å². The minimum atomic E-state index is -0.796. The van der Waals surface area contributed by atoms with Crippen molar-refractivity contribution in [3.8, 4) is 11.5 Å². The quantitative estimate of drug-likeness (QED) is 0.129. The smallest absolute Gasteiger partial charge is 0.335 e. The number of carbonyl (C=O) groups is 3. The van der Waals surface area contributed by atoms with Gasteiger partial charge in [0.2, 0.25) is 0 Å². The first kappa shape index (κ1) is 33.3. The molecular formula is C43H36ClN3O5. The van der Waals surface area contributed by atoms with Gasteiger partial charge in [0.25, 0.3) is 11.8 Å². The van der Waals surface area contributed by atoms with Gasteiger partial charge in [0.15, 0.2) is 11.5 Å². The summed E-state index contributed by atoms with van der Waals surface area (Å²) in [5.41, 5.74) is 7.25. The first-order valence-electron chi connectivity index (χ1n) is 17.4. The molecule has 1 fully saturated rings. The summed E-state index contributed by atoms with van der Waals surface area (Å²) in [6, 6.07) is 36.7. The van der Waals surface area contributed by atoms with E-state index < -0.39 is 17.8 Å².